The summed E-state index contributed by atoms with van der Waals surface area (Å²) in [4.78, 5) is 30.1. The van der Waals surface area contributed by atoms with Crippen LogP contribution in [-0.2, 0) is 0 Å². The molecule has 1 aromatic heterocycles. The van der Waals surface area contributed by atoms with Gasteiger partial charge in [-0.3, -0.25) is 4.79 Å². The number of carboxylic acid groups (broad SMARTS) is 1. The van der Waals surface area contributed by atoms with Crippen LogP contribution in [0.15, 0.2) is 6.07 Å². The predicted molar refractivity (Wildman–Crippen MR) is 74.2 cm³/mol. The van der Waals surface area contributed by atoms with Crippen molar-refractivity contribution in [1.82, 2.24) is 14.8 Å². The fraction of sp³-hybridized carbons (Fsp3) is 0.385. The Kier molecular flexibility index (Phi) is 4.29. The van der Waals surface area contributed by atoms with Crippen LogP contribution in [-0.4, -0.2) is 58.1 Å². The van der Waals surface area contributed by atoms with E-state index in [0.717, 1.165) is 0 Å². The van der Waals surface area contributed by atoms with E-state index in [0.29, 0.717) is 18.8 Å². The first-order valence-corrected chi connectivity index (χ1v) is 6.66. The van der Waals surface area contributed by atoms with Crippen LogP contribution in [0.5, 0.6) is 0 Å². The Hall–Kier alpha value is -2.33. The summed E-state index contributed by atoms with van der Waals surface area (Å²) in [7, 11) is 0. The number of carbonyl (C=O) groups is 2. The highest BCUT2D eigenvalue weighted by atomic mass is 35.5. The minimum Gasteiger partial charge on any atom is -0.465 e. The van der Waals surface area contributed by atoms with Gasteiger partial charge in [0, 0.05) is 26.2 Å². The summed E-state index contributed by atoms with van der Waals surface area (Å²) in [5, 5.41) is 17.9. The van der Waals surface area contributed by atoms with Gasteiger partial charge in [-0.25, -0.2) is 9.78 Å². The summed E-state index contributed by atoms with van der Waals surface area (Å²) in [6.07, 6.45) is -0.989. The third-order valence-corrected chi connectivity index (χ3v) is 3.62. The average molecular weight is 309 g/mol. The van der Waals surface area contributed by atoms with Gasteiger partial charge in [-0.15, -0.1) is 0 Å². The van der Waals surface area contributed by atoms with Gasteiger partial charge in [0.15, 0.2) is 0 Å². The number of nitriles is 1. The zero-order valence-corrected chi connectivity index (χ0v) is 12.1. The van der Waals surface area contributed by atoms with Crippen LogP contribution < -0.4 is 0 Å². The van der Waals surface area contributed by atoms with Crippen LogP contribution in [0.2, 0.25) is 5.02 Å². The Morgan fingerprint density at radius 2 is 1.90 bits per heavy atom. The second-order valence-electron chi connectivity index (χ2n) is 4.62. The number of nitrogens with zero attached hydrogens (tertiary/aromatic N) is 4. The molecule has 2 heterocycles. The SMILES string of the molecule is Cc1nc(C#N)cc(Cl)c1C(=O)N1CCN(C(=O)O)CC1. The summed E-state index contributed by atoms with van der Waals surface area (Å²) in [6.45, 7) is 2.76. The predicted octanol–water partition coefficient (Wildman–Crippen LogP) is 1.35. The molecule has 0 radical (unpaired) electrons. The summed E-state index contributed by atoms with van der Waals surface area (Å²) in [5.74, 6) is -0.292. The lowest BCUT2D eigenvalue weighted by Gasteiger charge is -2.33. The molecule has 1 saturated heterocycles. The van der Waals surface area contributed by atoms with E-state index in [2.05, 4.69) is 4.98 Å². The van der Waals surface area contributed by atoms with Crippen LogP contribution >= 0.6 is 11.6 Å². The van der Waals surface area contributed by atoms with Crippen molar-refractivity contribution in [3.05, 3.63) is 28.0 Å². The molecular formula is C13H13ClN4O3. The first-order chi connectivity index (χ1) is 9.93. The number of rotatable bonds is 1. The van der Waals surface area contributed by atoms with E-state index in [1.54, 1.807) is 11.8 Å². The molecule has 8 heteroatoms. The van der Waals surface area contributed by atoms with Gasteiger partial charge in [0.2, 0.25) is 0 Å². The minimum atomic E-state index is -0.989. The van der Waals surface area contributed by atoms with E-state index >= 15 is 0 Å². The van der Waals surface area contributed by atoms with Crippen molar-refractivity contribution in [2.24, 2.45) is 0 Å². The fourth-order valence-electron chi connectivity index (χ4n) is 2.21. The molecule has 7 nitrogen and oxygen atoms in total. The monoisotopic (exact) mass is 308 g/mol. The Labute approximate surface area is 126 Å². The fourth-order valence-corrected chi connectivity index (χ4v) is 2.53. The van der Waals surface area contributed by atoms with Crippen LogP contribution in [0.4, 0.5) is 4.79 Å². The number of carbonyl (C=O) groups excluding carboxylic acids is 1. The van der Waals surface area contributed by atoms with Crippen LogP contribution in [0.25, 0.3) is 0 Å². The molecule has 2 rings (SSSR count). The molecule has 0 saturated carbocycles. The van der Waals surface area contributed by atoms with E-state index in [1.165, 1.54) is 11.0 Å². The highest BCUT2D eigenvalue weighted by molar-refractivity contribution is 6.34. The maximum Gasteiger partial charge on any atom is 0.407 e. The van der Waals surface area contributed by atoms with E-state index in [-0.39, 0.29) is 35.3 Å². The quantitative estimate of drug-likeness (QED) is 0.844. The third-order valence-electron chi connectivity index (χ3n) is 3.32. The van der Waals surface area contributed by atoms with Gasteiger partial charge in [0.1, 0.15) is 11.8 Å². The van der Waals surface area contributed by atoms with Gasteiger partial charge in [-0.1, -0.05) is 11.6 Å². The molecule has 1 aliphatic heterocycles. The molecule has 110 valence electrons. The number of amides is 2. The normalized spacial score (nSPS) is 14.7. The minimum absolute atomic E-state index is 0.157. The lowest BCUT2D eigenvalue weighted by molar-refractivity contribution is 0.0624. The lowest BCUT2D eigenvalue weighted by atomic mass is 10.1. The first-order valence-electron chi connectivity index (χ1n) is 6.28. The zero-order valence-electron chi connectivity index (χ0n) is 11.3. The van der Waals surface area contributed by atoms with Gasteiger partial charge in [0.25, 0.3) is 5.91 Å². The van der Waals surface area contributed by atoms with E-state index in [1.807, 2.05) is 6.07 Å². The van der Waals surface area contributed by atoms with Crippen molar-refractivity contribution in [2.45, 2.75) is 6.92 Å². The highest BCUT2D eigenvalue weighted by Gasteiger charge is 2.27. The van der Waals surface area contributed by atoms with E-state index < -0.39 is 6.09 Å². The molecule has 1 aromatic rings. The third kappa shape index (κ3) is 3.06. The standard InChI is InChI=1S/C13H13ClN4O3/c1-8-11(10(14)6-9(7-15)16-8)12(19)17-2-4-18(5-3-17)13(20)21/h6H,2-5H2,1H3,(H,20,21). The largest absolute Gasteiger partial charge is 0.465 e. The Morgan fingerprint density at radius 1 is 1.33 bits per heavy atom. The molecule has 0 atom stereocenters. The van der Waals surface area contributed by atoms with Crippen molar-refractivity contribution in [2.75, 3.05) is 26.2 Å². The van der Waals surface area contributed by atoms with Crippen LogP contribution in [0.1, 0.15) is 21.7 Å². The number of halogens is 1. The van der Waals surface area contributed by atoms with Crippen molar-refractivity contribution in [1.29, 1.82) is 5.26 Å². The summed E-state index contributed by atoms with van der Waals surface area (Å²) in [6, 6.07) is 3.24. The number of hydrogen-bond acceptors (Lipinski definition) is 4. The Bertz CT molecular complexity index is 610. The molecule has 1 aliphatic rings. The maximum absolute atomic E-state index is 12.5. The second kappa shape index (κ2) is 5.97. The molecule has 2 amide bonds. The molecule has 0 bridgehead atoms. The van der Waals surface area contributed by atoms with E-state index in [4.69, 9.17) is 22.0 Å². The Balaban J connectivity index is 2.19. The number of piperazine rings is 1. The maximum atomic E-state index is 12.5. The first kappa shape index (κ1) is 15.1. The zero-order chi connectivity index (χ0) is 15.6. The summed E-state index contributed by atoms with van der Waals surface area (Å²) >= 11 is 6.06. The molecule has 1 N–H and O–H groups in total. The molecule has 0 spiro atoms. The molecule has 1 fully saturated rings. The van der Waals surface area contributed by atoms with Gasteiger partial charge in [-0.2, -0.15) is 5.26 Å². The number of aromatic nitrogens is 1. The van der Waals surface area contributed by atoms with Gasteiger partial charge < -0.3 is 14.9 Å². The number of aryl methyl sites for hydroxylation is 1. The van der Waals surface area contributed by atoms with E-state index in [9.17, 15) is 9.59 Å². The molecule has 21 heavy (non-hydrogen) atoms. The second-order valence-corrected chi connectivity index (χ2v) is 5.03. The van der Waals surface area contributed by atoms with Gasteiger partial charge >= 0.3 is 6.09 Å². The smallest absolute Gasteiger partial charge is 0.407 e. The molecule has 0 unspecified atom stereocenters. The van der Waals surface area contributed by atoms with Crippen molar-refractivity contribution in [3.63, 3.8) is 0 Å². The Morgan fingerprint density at radius 3 is 2.38 bits per heavy atom. The lowest BCUT2D eigenvalue weighted by Crippen LogP contribution is -2.50. The topological polar surface area (TPSA) is 97.5 Å². The van der Waals surface area contributed by atoms with Gasteiger partial charge in [-0.05, 0) is 13.0 Å². The highest BCUT2D eigenvalue weighted by Crippen LogP contribution is 2.22. The van der Waals surface area contributed by atoms with Crippen LogP contribution in [0.3, 0.4) is 0 Å². The number of pyridine rings is 1. The average Bonchev–Trinajstić information content (AvgIpc) is 2.46. The van der Waals surface area contributed by atoms with Crippen molar-refractivity contribution < 1.29 is 14.7 Å². The molecular weight excluding hydrogens is 296 g/mol. The van der Waals surface area contributed by atoms with Crippen molar-refractivity contribution >= 4 is 23.6 Å². The summed E-state index contributed by atoms with van der Waals surface area (Å²) in [5.41, 5.74) is 0.814. The van der Waals surface area contributed by atoms with Crippen molar-refractivity contribution in [3.8, 4) is 6.07 Å². The van der Waals surface area contributed by atoms with Gasteiger partial charge in [0.05, 0.1) is 16.3 Å². The molecule has 0 aliphatic carbocycles. The van der Waals surface area contributed by atoms with Crippen LogP contribution in [0, 0.1) is 18.3 Å². The molecule has 0 aromatic carbocycles. The summed E-state index contributed by atoms with van der Waals surface area (Å²) < 4.78 is 0. The number of hydrogen-bond donors (Lipinski definition) is 1.